The molecule has 18 heavy (non-hydrogen) atoms. The predicted molar refractivity (Wildman–Crippen MR) is 67.9 cm³/mol. The van der Waals surface area contributed by atoms with Gasteiger partial charge in [0.15, 0.2) is 11.5 Å². The standard InChI is InChI=1S/C14H17FN2O/c15-11-2-3-13-12(9-11)17-14(18-13)4-1-10-5-7-16-8-6-10/h2-3,9-10,16H,1,4-8H2. The molecule has 0 spiro atoms. The van der Waals surface area contributed by atoms with Crippen LogP contribution in [0.1, 0.15) is 25.2 Å². The molecule has 1 aliphatic heterocycles. The number of aryl methyl sites for hydroxylation is 1. The molecule has 2 aromatic rings. The third-order valence-electron chi connectivity index (χ3n) is 3.62. The van der Waals surface area contributed by atoms with E-state index in [0.717, 1.165) is 37.7 Å². The second-order valence-electron chi connectivity index (χ2n) is 4.95. The number of oxazole rings is 1. The average molecular weight is 248 g/mol. The zero-order valence-corrected chi connectivity index (χ0v) is 10.3. The molecule has 96 valence electrons. The van der Waals surface area contributed by atoms with Crippen LogP contribution in [0.2, 0.25) is 0 Å². The highest BCUT2D eigenvalue weighted by molar-refractivity contribution is 5.72. The molecule has 0 saturated carbocycles. The van der Waals surface area contributed by atoms with Gasteiger partial charge in [0.2, 0.25) is 0 Å². The van der Waals surface area contributed by atoms with E-state index in [1.165, 1.54) is 25.0 Å². The van der Waals surface area contributed by atoms with E-state index < -0.39 is 0 Å². The Morgan fingerprint density at radius 1 is 1.33 bits per heavy atom. The predicted octanol–water partition coefficient (Wildman–Crippen LogP) is 2.90. The molecule has 1 aliphatic rings. The largest absolute Gasteiger partial charge is 0.441 e. The van der Waals surface area contributed by atoms with E-state index in [0.29, 0.717) is 11.1 Å². The van der Waals surface area contributed by atoms with Crippen molar-refractivity contribution in [2.45, 2.75) is 25.7 Å². The van der Waals surface area contributed by atoms with Crippen molar-refractivity contribution >= 4 is 11.1 Å². The molecule has 1 N–H and O–H groups in total. The van der Waals surface area contributed by atoms with Crippen LogP contribution in [0.15, 0.2) is 22.6 Å². The highest BCUT2D eigenvalue weighted by atomic mass is 19.1. The van der Waals surface area contributed by atoms with Crippen LogP contribution < -0.4 is 5.32 Å². The van der Waals surface area contributed by atoms with Gasteiger partial charge in [-0.3, -0.25) is 0 Å². The van der Waals surface area contributed by atoms with E-state index in [4.69, 9.17) is 4.42 Å². The number of halogens is 1. The topological polar surface area (TPSA) is 38.1 Å². The number of fused-ring (bicyclic) bond motifs is 1. The van der Waals surface area contributed by atoms with Crippen LogP contribution in [0, 0.1) is 11.7 Å². The van der Waals surface area contributed by atoms with Crippen LogP contribution in [-0.4, -0.2) is 18.1 Å². The van der Waals surface area contributed by atoms with Crippen molar-refractivity contribution in [2.24, 2.45) is 5.92 Å². The first-order valence-corrected chi connectivity index (χ1v) is 6.57. The summed E-state index contributed by atoms with van der Waals surface area (Å²) in [6, 6.07) is 4.47. The lowest BCUT2D eigenvalue weighted by atomic mass is 9.93. The van der Waals surface area contributed by atoms with E-state index in [9.17, 15) is 4.39 Å². The third kappa shape index (κ3) is 2.53. The number of rotatable bonds is 3. The monoisotopic (exact) mass is 248 g/mol. The second-order valence-corrected chi connectivity index (χ2v) is 4.95. The number of nitrogens with zero attached hydrogens (tertiary/aromatic N) is 1. The van der Waals surface area contributed by atoms with E-state index in [1.54, 1.807) is 6.07 Å². The van der Waals surface area contributed by atoms with Crippen LogP contribution >= 0.6 is 0 Å². The Morgan fingerprint density at radius 3 is 3.00 bits per heavy atom. The molecular formula is C14H17FN2O. The number of benzene rings is 1. The molecule has 1 fully saturated rings. The first kappa shape index (κ1) is 11.7. The number of nitrogens with one attached hydrogen (secondary N) is 1. The van der Waals surface area contributed by atoms with Crippen molar-refractivity contribution in [3.8, 4) is 0 Å². The van der Waals surface area contributed by atoms with E-state index in [1.807, 2.05) is 0 Å². The summed E-state index contributed by atoms with van der Waals surface area (Å²) in [6.07, 6.45) is 4.42. The number of aromatic nitrogens is 1. The fraction of sp³-hybridized carbons (Fsp3) is 0.500. The van der Waals surface area contributed by atoms with Crippen LogP contribution in [0.25, 0.3) is 11.1 Å². The highest BCUT2D eigenvalue weighted by Crippen LogP contribution is 2.21. The highest BCUT2D eigenvalue weighted by Gasteiger charge is 2.14. The minimum atomic E-state index is -0.263. The van der Waals surface area contributed by atoms with Crippen LogP contribution in [0.5, 0.6) is 0 Å². The normalized spacial score (nSPS) is 17.4. The van der Waals surface area contributed by atoms with Gasteiger partial charge in [-0.05, 0) is 50.4 Å². The van der Waals surface area contributed by atoms with Crippen molar-refractivity contribution in [1.29, 1.82) is 0 Å². The molecule has 0 amide bonds. The zero-order chi connectivity index (χ0) is 12.4. The van der Waals surface area contributed by atoms with Gasteiger partial charge in [0.1, 0.15) is 11.3 Å². The number of piperidine rings is 1. The summed E-state index contributed by atoms with van der Waals surface area (Å²) in [5, 5.41) is 3.36. The van der Waals surface area contributed by atoms with Crippen molar-refractivity contribution in [3.05, 3.63) is 29.9 Å². The summed E-state index contributed by atoms with van der Waals surface area (Å²) in [6.45, 7) is 2.23. The van der Waals surface area contributed by atoms with Gasteiger partial charge >= 0.3 is 0 Å². The van der Waals surface area contributed by atoms with Crippen molar-refractivity contribution < 1.29 is 8.81 Å². The van der Waals surface area contributed by atoms with Gasteiger partial charge in [-0.1, -0.05) is 0 Å². The second kappa shape index (κ2) is 5.06. The van der Waals surface area contributed by atoms with Crippen molar-refractivity contribution in [1.82, 2.24) is 10.3 Å². The molecule has 0 bridgehead atoms. The Morgan fingerprint density at radius 2 is 2.17 bits per heavy atom. The summed E-state index contributed by atoms with van der Waals surface area (Å²) in [4.78, 5) is 4.34. The smallest absolute Gasteiger partial charge is 0.195 e. The number of hydrogen-bond donors (Lipinski definition) is 1. The molecular weight excluding hydrogens is 231 g/mol. The summed E-state index contributed by atoms with van der Waals surface area (Å²) < 4.78 is 18.7. The Hall–Kier alpha value is -1.42. The minimum absolute atomic E-state index is 0.263. The van der Waals surface area contributed by atoms with Gasteiger partial charge in [0, 0.05) is 12.5 Å². The van der Waals surface area contributed by atoms with Gasteiger partial charge in [-0.2, -0.15) is 0 Å². The van der Waals surface area contributed by atoms with Gasteiger partial charge in [0.05, 0.1) is 0 Å². The lowest BCUT2D eigenvalue weighted by Crippen LogP contribution is -2.27. The Bertz CT molecular complexity index is 532. The lowest BCUT2D eigenvalue weighted by Gasteiger charge is -2.21. The first-order chi connectivity index (χ1) is 8.81. The maximum absolute atomic E-state index is 13.0. The van der Waals surface area contributed by atoms with Crippen molar-refractivity contribution in [2.75, 3.05) is 13.1 Å². The van der Waals surface area contributed by atoms with E-state index in [2.05, 4.69) is 10.3 Å². The third-order valence-corrected chi connectivity index (χ3v) is 3.62. The van der Waals surface area contributed by atoms with E-state index >= 15 is 0 Å². The summed E-state index contributed by atoms with van der Waals surface area (Å²) in [5.41, 5.74) is 1.30. The molecule has 0 atom stereocenters. The molecule has 0 aliphatic carbocycles. The number of hydrogen-bond acceptors (Lipinski definition) is 3. The molecule has 2 heterocycles. The molecule has 0 unspecified atom stereocenters. The molecule has 1 saturated heterocycles. The van der Waals surface area contributed by atoms with Gasteiger partial charge < -0.3 is 9.73 Å². The van der Waals surface area contributed by atoms with Crippen molar-refractivity contribution in [3.63, 3.8) is 0 Å². The van der Waals surface area contributed by atoms with Gasteiger partial charge in [0.25, 0.3) is 0 Å². The Kier molecular flexibility index (Phi) is 3.28. The Balaban J connectivity index is 1.67. The molecule has 4 heteroatoms. The van der Waals surface area contributed by atoms with Crippen LogP contribution in [0.4, 0.5) is 4.39 Å². The maximum Gasteiger partial charge on any atom is 0.195 e. The van der Waals surface area contributed by atoms with E-state index in [-0.39, 0.29) is 5.82 Å². The molecule has 1 aromatic heterocycles. The fourth-order valence-electron chi connectivity index (χ4n) is 2.55. The SMILES string of the molecule is Fc1ccc2oc(CCC3CCNCC3)nc2c1. The summed E-state index contributed by atoms with van der Waals surface area (Å²) in [7, 11) is 0. The summed E-state index contributed by atoms with van der Waals surface area (Å²) >= 11 is 0. The minimum Gasteiger partial charge on any atom is -0.441 e. The lowest BCUT2D eigenvalue weighted by molar-refractivity contribution is 0.343. The maximum atomic E-state index is 13.0. The molecule has 1 aromatic carbocycles. The average Bonchev–Trinajstić information content (AvgIpc) is 2.79. The quantitative estimate of drug-likeness (QED) is 0.907. The first-order valence-electron chi connectivity index (χ1n) is 6.57. The molecule has 3 nitrogen and oxygen atoms in total. The Labute approximate surface area is 105 Å². The fourth-order valence-corrected chi connectivity index (χ4v) is 2.55. The summed E-state index contributed by atoms with van der Waals surface area (Å²) in [5.74, 6) is 1.23. The van der Waals surface area contributed by atoms with Crippen LogP contribution in [0.3, 0.4) is 0 Å². The van der Waals surface area contributed by atoms with Crippen LogP contribution in [-0.2, 0) is 6.42 Å². The molecule has 0 radical (unpaired) electrons. The van der Waals surface area contributed by atoms with Gasteiger partial charge in [-0.15, -0.1) is 0 Å². The van der Waals surface area contributed by atoms with Gasteiger partial charge in [-0.25, -0.2) is 9.37 Å². The zero-order valence-electron chi connectivity index (χ0n) is 10.3. The molecule has 3 rings (SSSR count).